The number of benzene rings is 2. The molecule has 1 heterocycles. The number of nitrogen functional groups attached to an aromatic ring is 1. The Kier molecular flexibility index (Phi) is 5.10. The Hall–Kier alpha value is -2.61. The third-order valence-electron chi connectivity index (χ3n) is 4.31. The van der Waals surface area contributed by atoms with E-state index < -0.39 is 18.4 Å². The van der Waals surface area contributed by atoms with Crippen LogP contribution in [0.15, 0.2) is 42.6 Å². The SMILES string of the molecule is NC(=S)c1ccc(F)c(-c2cn(CCCC(F)(F)F)c3cc(N)ccc23)c1. The smallest absolute Gasteiger partial charge is 0.389 e. The lowest BCUT2D eigenvalue weighted by atomic mass is 10.0. The average molecular weight is 395 g/mol. The van der Waals surface area contributed by atoms with Crippen LogP contribution in [-0.4, -0.2) is 15.7 Å². The molecule has 0 bridgehead atoms. The number of rotatable bonds is 5. The molecule has 0 aliphatic rings. The second kappa shape index (κ2) is 7.19. The van der Waals surface area contributed by atoms with Crippen LogP contribution in [0, 0.1) is 5.82 Å². The van der Waals surface area contributed by atoms with E-state index in [-0.39, 0.29) is 23.5 Å². The van der Waals surface area contributed by atoms with Gasteiger partial charge in [-0.2, -0.15) is 13.2 Å². The van der Waals surface area contributed by atoms with E-state index in [9.17, 15) is 17.6 Å². The number of fused-ring (bicyclic) bond motifs is 1. The first-order valence-electron chi connectivity index (χ1n) is 8.20. The fourth-order valence-electron chi connectivity index (χ4n) is 3.04. The van der Waals surface area contributed by atoms with E-state index in [1.165, 1.54) is 12.1 Å². The number of aryl methyl sites for hydroxylation is 1. The maximum Gasteiger partial charge on any atom is 0.389 e. The maximum absolute atomic E-state index is 14.5. The molecular formula is C19H17F4N3S. The fraction of sp³-hybridized carbons (Fsp3) is 0.211. The molecule has 0 fully saturated rings. The summed E-state index contributed by atoms with van der Waals surface area (Å²) in [5.41, 5.74) is 13.9. The number of anilines is 1. The number of nitrogens with two attached hydrogens (primary N) is 2. The van der Waals surface area contributed by atoms with E-state index in [4.69, 9.17) is 23.7 Å². The molecule has 1 aromatic heterocycles. The molecule has 0 aliphatic heterocycles. The first-order valence-corrected chi connectivity index (χ1v) is 8.61. The lowest BCUT2D eigenvalue weighted by Gasteiger charge is -2.08. The molecule has 3 rings (SSSR count). The quantitative estimate of drug-likeness (QED) is 0.363. The molecule has 142 valence electrons. The Labute approximate surface area is 158 Å². The van der Waals surface area contributed by atoms with Crippen molar-refractivity contribution < 1.29 is 17.6 Å². The van der Waals surface area contributed by atoms with Gasteiger partial charge in [0.1, 0.15) is 10.8 Å². The van der Waals surface area contributed by atoms with Gasteiger partial charge in [-0.3, -0.25) is 0 Å². The van der Waals surface area contributed by atoms with Crippen molar-refractivity contribution in [2.75, 3.05) is 5.73 Å². The molecule has 0 radical (unpaired) electrons. The van der Waals surface area contributed by atoms with Crippen molar-refractivity contribution in [3.05, 3.63) is 54.0 Å². The first-order chi connectivity index (χ1) is 12.7. The van der Waals surface area contributed by atoms with Gasteiger partial charge in [0.25, 0.3) is 0 Å². The Morgan fingerprint density at radius 1 is 1.07 bits per heavy atom. The molecule has 8 heteroatoms. The van der Waals surface area contributed by atoms with Crippen LogP contribution >= 0.6 is 12.2 Å². The van der Waals surface area contributed by atoms with Crippen molar-refractivity contribution in [2.45, 2.75) is 25.6 Å². The van der Waals surface area contributed by atoms with Gasteiger partial charge in [0, 0.05) is 46.9 Å². The summed E-state index contributed by atoms with van der Waals surface area (Å²) in [4.78, 5) is 0.134. The summed E-state index contributed by atoms with van der Waals surface area (Å²) in [5, 5.41) is 0.690. The highest BCUT2D eigenvalue weighted by Gasteiger charge is 2.26. The minimum atomic E-state index is -4.22. The van der Waals surface area contributed by atoms with E-state index in [0.717, 1.165) is 0 Å². The van der Waals surface area contributed by atoms with E-state index in [0.29, 0.717) is 27.7 Å². The van der Waals surface area contributed by atoms with Gasteiger partial charge in [0.05, 0.1) is 5.52 Å². The van der Waals surface area contributed by atoms with Crippen LogP contribution in [0.25, 0.3) is 22.0 Å². The van der Waals surface area contributed by atoms with E-state index in [2.05, 4.69) is 0 Å². The molecule has 0 atom stereocenters. The third kappa shape index (κ3) is 4.21. The number of alkyl halides is 3. The number of aromatic nitrogens is 1. The van der Waals surface area contributed by atoms with Crippen LogP contribution in [0.1, 0.15) is 18.4 Å². The molecule has 4 N–H and O–H groups in total. The number of hydrogen-bond acceptors (Lipinski definition) is 2. The summed E-state index contributed by atoms with van der Waals surface area (Å²) in [6.45, 7) is 0.135. The topological polar surface area (TPSA) is 57.0 Å². The summed E-state index contributed by atoms with van der Waals surface area (Å²) in [7, 11) is 0. The Morgan fingerprint density at radius 3 is 2.48 bits per heavy atom. The average Bonchev–Trinajstić information content (AvgIpc) is 2.92. The largest absolute Gasteiger partial charge is 0.399 e. The summed E-state index contributed by atoms with van der Waals surface area (Å²) >= 11 is 4.95. The fourth-order valence-corrected chi connectivity index (χ4v) is 3.17. The third-order valence-corrected chi connectivity index (χ3v) is 4.54. The van der Waals surface area contributed by atoms with Crippen LogP contribution in [0.4, 0.5) is 23.2 Å². The normalized spacial score (nSPS) is 11.9. The minimum absolute atomic E-state index is 0.0864. The van der Waals surface area contributed by atoms with Gasteiger partial charge in [0.2, 0.25) is 0 Å². The van der Waals surface area contributed by atoms with Gasteiger partial charge in [-0.1, -0.05) is 18.3 Å². The summed E-state index contributed by atoms with van der Waals surface area (Å²) < 4.78 is 53.6. The van der Waals surface area contributed by atoms with Crippen LogP contribution in [0.5, 0.6) is 0 Å². The summed E-state index contributed by atoms with van der Waals surface area (Å²) in [6.07, 6.45) is -3.56. The molecule has 0 saturated heterocycles. The molecule has 3 aromatic rings. The van der Waals surface area contributed by atoms with Crippen LogP contribution in [0.3, 0.4) is 0 Å². The molecule has 0 spiro atoms. The Bertz CT molecular complexity index is 1010. The van der Waals surface area contributed by atoms with Gasteiger partial charge >= 0.3 is 6.18 Å². The number of halogens is 4. The highest BCUT2D eigenvalue weighted by atomic mass is 32.1. The minimum Gasteiger partial charge on any atom is -0.399 e. The zero-order valence-electron chi connectivity index (χ0n) is 14.2. The highest BCUT2D eigenvalue weighted by Crippen LogP contribution is 2.34. The van der Waals surface area contributed by atoms with Gasteiger partial charge in [-0.05, 0) is 36.8 Å². The van der Waals surface area contributed by atoms with Crippen LogP contribution in [0.2, 0.25) is 0 Å². The van der Waals surface area contributed by atoms with Gasteiger partial charge in [-0.25, -0.2) is 4.39 Å². The predicted octanol–water partition coefficient (Wildman–Crippen LogP) is 5.01. The zero-order valence-corrected chi connectivity index (χ0v) is 15.0. The lowest BCUT2D eigenvalue weighted by Crippen LogP contribution is -2.09. The van der Waals surface area contributed by atoms with E-state index >= 15 is 0 Å². The van der Waals surface area contributed by atoms with Crippen molar-refractivity contribution >= 4 is 33.8 Å². The molecule has 3 nitrogen and oxygen atoms in total. The zero-order chi connectivity index (χ0) is 19.8. The lowest BCUT2D eigenvalue weighted by molar-refractivity contribution is -0.135. The van der Waals surface area contributed by atoms with Crippen molar-refractivity contribution in [3.63, 3.8) is 0 Å². The molecule has 0 saturated carbocycles. The van der Waals surface area contributed by atoms with E-state index in [1.54, 1.807) is 35.0 Å². The molecular weight excluding hydrogens is 378 g/mol. The Morgan fingerprint density at radius 2 is 1.81 bits per heavy atom. The standard InChI is InChI=1S/C19H17F4N3S/c20-16-5-2-11(18(25)27)8-14(16)15-10-26(7-1-6-19(21,22)23)17-9-12(24)3-4-13(15)17/h2-5,8-10H,1,6-7,24H2,(H2,25,27). The summed E-state index contributed by atoms with van der Waals surface area (Å²) in [6, 6.07) is 9.37. The first kappa shape index (κ1) is 19.2. The second-order valence-electron chi connectivity index (χ2n) is 6.29. The van der Waals surface area contributed by atoms with Crippen molar-refractivity contribution in [1.82, 2.24) is 4.57 Å². The van der Waals surface area contributed by atoms with Gasteiger partial charge in [-0.15, -0.1) is 0 Å². The second-order valence-corrected chi connectivity index (χ2v) is 6.73. The molecule has 0 amide bonds. The molecule has 0 aliphatic carbocycles. The molecule has 0 unspecified atom stereocenters. The van der Waals surface area contributed by atoms with Gasteiger partial charge < -0.3 is 16.0 Å². The molecule has 2 aromatic carbocycles. The van der Waals surface area contributed by atoms with Crippen LogP contribution in [-0.2, 0) is 6.54 Å². The number of hydrogen-bond donors (Lipinski definition) is 2. The highest BCUT2D eigenvalue weighted by molar-refractivity contribution is 7.80. The summed E-state index contributed by atoms with van der Waals surface area (Å²) in [5.74, 6) is -0.471. The van der Waals surface area contributed by atoms with Crippen molar-refractivity contribution in [3.8, 4) is 11.1 Å². The van der Waals surface area contributed by atoms with Crippen LogP contribution < -0.4 is 11.5 Å². The monoisotopic (exact) mass is 395 g/mol. The maximum atomic E-state index is 14.5. The Balaban J connectivity index is 2.09. The van der Waals surface area contributed by atoms with E-state index in [1.807, 2.05) is 0 Å². The van der Waals surface area contributed by atoms with Gasteiger partial charge in [0.15, 0.2) is 0 Å². The van der Waals surface area contributed by atoms with Crippen molar-refractivity contribution in [2.24, 2.45) is 5.73 Å². The predicted molar refractivity (Wildman–Crippen MR) is 103 cm³/mol. The number of thiocarbonyl (C=S) groups is 1. The molecule has 27 heavy (non-hydrogen) atoms. The number of nitrogens with zero attached hydrogens (tertiary/aromatic N) is 1. The van der Waals surface area contributed by atoms with Crippen molar-refractivity contribution in [1.29, 1.82) is 0 Å².